The molecule has 0 spiro atoms. The largest absolute Gasteiger partial charge is 0.508 e. The van der Waals surface area contributed by atoms with Gasteiger partial charge in [0, 0.05) is 11.8 Å². The van der Waals surface area contributed by atoms with Crippen LogP contribution in [0.15, 0.2) is 61.7 Å². The lowest BCUT2D eigenvalue weighted by Crippen LogP contribution is -2.14. The molecule has 6 nitrogen and oxygen atoms in total. The number of phenols is 2. The highest BCUT2D eigenvalue weighted by molar-refractivity contribution is 6.09. The maximum Gasteiger partial charge on any atom is 0.327 e. The Kier molecular flexibility index (Phi) is 11.1. The predicted molar refractivity (Wildman–Crippen MR) is 113 cm³/mol. The zero-order valence-electron chi connectivity index (χ0n) is 16.4. The Hall–Kier alpha value is -3.54. The van der Waals surface area contributed by atoms with Crippen LogP contribution < -0.4 is 5.32 Å². The minimum Gasteiger partial charge on any atom is -0.508 e. The van der Waals surface area contributed by atoms with Crippen molar-refractivity contribution in [3.63, 3.8) is 0 Å². The van der Waals surface area contributed by atoms with Crippen LogP contribution in [0.25, 0.3) is 5.57 Å². The molecule has 1 amide bonds. The molecule has 0 unspecified atom stereocenters. The van der Waals surface area contributed by atoms with Gasteiger partial charge in [-0.25, -0.2) is 4.79 Å². The first-order chi connectivity index (χ1) is 13.3. The number of carboxylic acids is 1. The van der Waals surface area contributed by atoms with E-state index >= 15 is 0 Å². The number of aromatic hydroxyl groups is 2. The average Bonchev–Trinajstić information content (AvgIpc) is 2.70. The van der Waals surface area contributed by atoms with Gasteiger partial charge in [-0.2, -0.15) is 0 Å². The number of hydrogen-bond donors (Lipinski definition) is 4. The Balaban J connectivity index is 0.000000906. The van der Waals surface area contributed by atoms with Crippen molar-refractivity contribution in [1.82, 2.24) is 0 Å². The van der Waals surface area contributed by atoms with Gasteiger partial charge in [0.05, 0.1) is 5.56 Å². The number of hydrogen-bond acceptors (Lipinski definition) is 4. The SMILES string of the molecule is C=C(CC)c1cccc(O)c1C(=O)Nc1ccc(O)cc1.C=CC(=O)O.CC. The van der Waals surface area contributed by atoms with Crippen molar-refractivity contribution in [2.24, 2.45) is 0 Å². The number of aliphatic carboxylic acids is 1. The van der Waals surface area contributed by atoms with Crippen molar-refractivity contribution in [3.8, 4) is 11.5 Å². The molecule has 0 aliphatic rings. The van der Waals surface area contributed by atoms with E-state index in [-0.39, 0.29) is 17.1 Å². The van der Waals surface area contributed by atoms with Crippen LogP contribution in [0.4, 0.5) is 5.69 Å². The molecule has 2 aromatic carbocycles. The second-order valence-electron chi connectivity index (χ2n) is 5.20. The number of anilines is 1. The highest BCUT2D eigenvalue weighted by Crippen LogP contribution is 2.28. The number of carbonyl (C=O) groups excluding carboxylic acids is 1. The molecule has 0 aliphatic heterocycles. The predicted octanol–water partition coefficient (Wildman–Crippen LogP) is 5.06. The molecule has 28 heavy (non-hydrogen) atoms. The molecule has 0 fully saturated rings. The molecular weight excluding hydrogens is 358 g/mol. The molecule has 0 atom stereocenters. The maximum atomic E-state index is 12.4. The molecule has 0 aliphatic carbocycles. The standard InChI is InChI=1S/C17H17NO3.C3H4O2.C2H6/c1-3-11(2)14-5-4-6-15(20)16(14)17(21)18-12-7-9-13(19)10-8-12;1-2-3(4)5;1-2/h4-10,19-20H,2-3H2,1H3,(H,18,21);2H,1H2,(H,4,5);1-2H3. The zero-order chi connectivity index (χ0) is 21.7. The average molecular weight is 385 g/mol. The summed E-state index contributed by atoms with van der Waals surface area (Å²) in [5, 5.41) is 29.5. The number of amides is 1. The molecule has 4 N–H and O–H groups in total. The van der Waals surface area contributed by atoms with Gasteiger partial charge in [-0.1, -0.05) is 46.1 Å². The van der Waals surface area contributed by atoms with Gasteiger partial charge in [0.25, 0.3) is 5.91 Å². The monoisotopic (exact) mass is 385 g/mol. The second-order valence-corrected chi connectivity index (χ2v) is 5.20. The molecule has 0 aromatic heterocycles. The molecule has 0 bridgehead atoms. The van der Waals surface area contributed by atoms with Crippen LogP contribution in [-0.4, -0.2) is 27.2 Å². The van der Waals surface area contributed by atoms with E-state index in [9.17, 15) is 19.8 Å². The molecule has 0 saturated heterocycles. The van der Waals surface area contributed by atoms with Crippen LogP contribution in [0.3, 0.4) is 0 Å². The summed E-state index contributed by atoms with van der Waals surface area (Å²) in [5.41, 5.74) is 2.15. The Morgan fingerprint density at radius 1 is 1.07 bits per heavy atom. The third-order valence-corrected chi connectivity index (χ3v) is 3.38. The van der Waals surface area contributed by atoms with Crippen molar-refractivity contribution in [1.29, 1.82) is 0 Å². The van der Waals surface area contributed by atoms with E-state index in [1.807, 2.05) is 20.8 Å². The molecule has 6 heteroatoms. The Bertz CT molecular complexity index is 810. The van der Waals surface area contributed by atoms with Crippen LogP contribution >= 0.6 is 0 Å². The van der Waals surface area contributed by atoms with Crippen LogP contribution in [0.2, 0.25) is 0 Å². The summed E-state index contributed by atoms with van der Waals surface area (Å²) in [6.45, 7) is 12.8. The molecule has 0 saturated carbocycles. The minimum atomic E-state index is -0.981. The molecule has 2 rings (SSSR count). The topological polar surface area (TPSA) is 107 Å². The van der Waals surface area contributed by atoms with Crippen molar-refractivity contribution < 1.29 is 24.9 Å². The number of phenolic OH excluding ortho intramolecular Hbond substituents is 2. The summed E-state index contributed by atoms with van der Waals surface area (Å²) in [7, 11) is 0. The van der Waals surface area contributed by atoms with Gasteiger partial charge in [0.1, 0.15) is 11.5 Å². The number of allylic oxidation sites excluding steroid dienone is 1. The van der Waals surface area contributed by atoms with Gasteiger partial charge < -0.3 is 20.6 Å². The summed E-state index contributed by atoms with van der Waals surface area (Å²) in [6.07, 6.45) is 1.52. The summed E-state index contributed by atoms with van der Waals surface area (Å²) in [4.78, 5) is 21.6. The van der Waals surface area contributed by atoms with Crippen LogP contribution in [0.1, 0.15) is 43.1 Å². The Labute approximate surface area is 165 Å². The molecular formula is C22H27NO5. The fourth-order valence-corrected chi connectivity index (χ4v) is 2.00. The van der Waals surface area contributed by atoms with Gasteiger partial charge in [-0.3, -0.25) is 4.79 Å². The molecule has 150 valence electrons. The van der Waals surface area contributed by atoms with Gasteiger partial charge in [-0.15, -0.1) is 0 Å². The highest BCUT2D eigenvalue weighted by Gasteiger charge is 2.17. The molecule has 2 aromatic rings. The van der Waals surface area contributed by atoms with Crippen molar-refractivity contribution in [3.05, 3.63) is 72.8 Å². The molecule has 0 heterocycles. The fourth-order valence-electron chi connectivity index (χ4n) is 2.00. The lowest BCUT2D eigenvalue weighted by atomic mass is 9.97. The number of rotatable bonds is 5. The van der Waals surface area contributed by atoms with E-state index in [1.54, 1.807) is 24.3 Å². The smallest absolute Gasteiger partial charge is 0.327 e. The Morgan fingerprint density at radius 2 is 1.61 bits per heavy atom. The van der Waals surface area contributed by atoms with E-state index in [4.69, 9.17) is 5.11 Å². The van der Waals surface area contributed by atoms with E-state index < -0.39 is 11.9 Å². The van der Waals surface area contributed by atoms with Gasteiger partial charge >= 0.3 is 5.97 Å². The first-order valence-electron chi connectivity index (χ1n) is 8.76. The van der Waals surface area contributed by atoms with E-state index in [0.717, 1.165) is 11.6 Å². The van der Waals surface area contributed by atoms with Gasteiger partial charge in [-0.05, 0) is 47.9 Å². The number of carbonyl (C=O) groups is 2. The fraction of sp³-hybridized carbons (Fsp3) is 0.182. The van der Waals surface area contributed by atoms with Crippen molar-refractivity contribution in [2.75, 3.05) is 5.32 Å². The number of carboxylic acid groups (broad SMARTS) is 1. The molecule has 0 radical (unpaired) electrons. The van der Waals surface area contributed by atoms with Gasteiger partial charge in [0.15, 0.2) is 0 Å². The first-order valence-corrected chi connectivity index (χ1v) is 8.76. The van der Waals surface area contributed by atoms with Crippen molar-refractivity contribution >= 4 is 23.1 Å². The maximum absolute atomic E-state index is 12.4. The third kappa shape index (κ3) is 7.78. The van der Waals surface area contributed by atoms with Gasteiger partial charge in [0.2, 0.25) is 0 Å². The van der Waals surface area contributed by atoms with Crippen LogP contribution in [0, 0.1) is 0 Å². The lowest BCUT2D eigenvalue weighted by molar-refractivity contribution is -0.131. The normalized spacial score (nSPS) is 8.96. The van der Waals surface area contributed by atoms with Crippen LogP contribution in [-0.2, 0) is 4.79 Å². The Morgan fingerprint density at radius 3 is 2.07 bits per heavy atom. The third-order valence-electron chi connectivity index (χ3n) is 3.38. The van der Waals surface area contributed by atoms with Crippen molar-refractivity contribution in [2.45, 2.75) is 27.2 Å². The number of nitrogens with one attached hydrogen (secondary N) is 1. The zero-order valence-corrected chi connectivity index (χ0v) is 16.4. The van der Waals surface area contributed by atoms with Crippen LogP contribution in [0.5, 0.6) is 11.5 Å². The van der Waals surface area contributed by atoms with E-state index in [0.29, 0.717) is 17.7 Å². The summed E-state index contributed by atoms with van der Waals surface area (Å²) in [6, 6.07) is 11.0. The lowest BCUT2D eigenvalue weighted by Gasteiger charge is -2.13. The summed E-state index contributed by atoms with van der Waals surface area (Å²) in [5.74, 6) is -1.36. The van der Waals surface area contributed by atoms with E-state index in [1.165, 1.54) is 18.2 Å². The quantitative estimate of drug-likeness (QED) is 0.425. The number of benzene rings is 2. The first kappa shape index (κ1) is 24.5. The second kappa shape index (κ2) is 12.8. The minimum absolute atomic E-state index is 0.0848. The summed E-state index contributed by atoms with van der Waals surface area (Å²) >= 11 is 0. The van der Waals surface area contributed by atoms with E-state index in [2.05, 4.69) is 18.5 Å². The summed E-state index contributed by atoms with van der Waals surface area (Å²) < 4.78 is 0. The highest BCUT2D eigenvalue weighted by atomic mass is 16.4.